The van der Waals surface area contributed by atoms with Crippen LogP contribution in [0.2, 0.25) is 0 Å². The second kappa shape index (κ2) is 7.16. The molecule has 0 radical (unpaired) electrons. The number of ether oxygens (including phenoxy) is 2. The van der Waals surface area contributed by atoms with Crippen LogP contribution in [-0.2, 0) is 4.74 Å². The summed E-state index contributed by atoms with van der Waals surface area (Å²) < 4.78 is 10.4. The summed E-state index contributed by atoms with van der Waals surface area (Å²) in [5.41, 5.74) is 0.557. The fourth-order valence-corrected chi connectivity index (χ4v) is 1.55. The molecule has 104 valence electrons. The predicted octanol–water partition coefficient (Wildman–Crippen LogP) is 3.02. The molecular weight excluding hydrogens is 258 g/mol. The van der Waals surface area contributed by atoms with Gasteiger partial charge in [-0.05, 0) is 24.3 Å². The van der Waals surface area contributed by atoms with Gasteiger partial charge in [0, 0.05) is 11.8 Å². The van der Waals surface area contributed by atoms with Crippen LogP contribution in [0, 0.1) is 0 Å². The second-order valence-electron chi connectivity index (χ2n) is 3.93. The van der Waals surface area contributed by atoms with Gasteiger partial charge in [0.15, 0.2) is 0 Å². The van der Waals surface area contributed by atoms with Gasteiger partial charge in [0.25, 0.3) is 0 Å². The van der Waals surface area contributed by atoms with Gasteiger partial charge in [0.1, 0.15) is 18.1 Å². The Morgan fingerprint density at radius 2 is 1.80 bits per heavy atom. The summed E-state index contributed by atoms with van der Waals surface area (Å²) in [5, 5.41) is 11.1. The first kappa shape index (κ1) is 13.9. The molecule has 5 heteroatoms. The quantitative estimate of drug-likeness (QED) is 0.878. The van der Waals surface area contributed by atoms with Gasteiger partial charge in [-0.2, -0.15) is 0 Å². The molecular formula is C15H15NO4. The van der Waals surface area contributed by atoms with Gasteiger partial charge in [-0.3, -0.25) is 5.32 Å². The lowest BCUT2D eigenvalue weighted by Crippen LogP contribution is -2.15. The lowest BCUT2D eigenvalue weighted by Gasteiger charge is -2.09. The van der Waals surface area contributed by atoms with Crippen molar-refractivity contribution in [3.63, 3.8) is 0 Å². The van der Waals surface area contributed by atoms with Gasteiger partial charge in [0.05, 0.1) is 6.61 Å². The maximum Gasteiger partial charge on any atom is 0.411 e. The van der Waals surface area contributed by atoms with Gasteiger partial charge >= 0.3 is 6.09 Å². The van der Waals surface area contributed by atoms with Crippen molar-refractivity contribution in [3.05, 3.63) is 54.6 Å². The van der Waals surface area contributed by atoms with Crippen molar-refractivity contribution >= 4 is 11.8 Å². The summed E-state index contributed by atoms with van der Waals surface area (Å²) in [6.45, 7) is -0.239. The van der Waals surface area contributed by atoms with Crippen LogP contribution < -0.4 is 10.1 Å². The maximum absolute atomic E-state index is 11.4. The van der Waals surface area contributed by atoms with E-state index in [1.807, 2.05) is 30.3 Å². The van der Waals surface area contributed by atoms with Gasteiger partial charge in [0.2, 0.25) is 0 Å². The largest absolute Gasteiger partial charge is 0.457 e. The number of hydrogen-bond acceptors (Lipinski definition) is 4. The fraction of sp³-hybridized carbons (Fsp3) is 0.133. The predicted molar refractivity (Wildman–Crippen MR) is 75.0 cm³/mol. The number of aliphatic hydroxyl groups is 1. The topological polar surface area (TPSA) is 67.8 Å². The Morgan fingerprint density at radius 3 is 2.55 bits per heavy atom. The summed E-state index contributed by atoms with van der Waals surface area (Å²) in [5.74, 6) is 1.32. The Kier molecular flexibility index (Phi) is 4.97. The fourth-order valence-electron chi connectivity index (χ4n) is 1.55. The molecule has 2 aromatic rings. The van der Waals surface area contributed by atoms with Crippen molar-refractivity contribution in [3.8, 4) is 11.5 Å². The molecule has 0 atom stereocenters. The zero-order valence-corrected chi connectivity index (χ0v) is 10.8. The van der Waals surface area contributed by atoms with Crippen LogP contribution >= 0.6 is 0 Å². The number of aliphatic hydroxyl groups excluding tert-OH is 1. The number of carbonyl (C=O) groups is 1. The first-order chi connectivity index (χ1) is 9.78. The first-order valence-electron chi connectivity index (χ1n) is 6.15. The summed E-state index contributed by atoms with van der Waals surface area (Å²) in [6.07, 6.45) is -0.615. The molecule has 1 amide bonds. The van der Waals surface area contributed by atoms with Gasteiger partial charge in [-0.1, -0.05) is 24.3 Å². The zero-order valence-electron chi connectivity index (χ0n) is 10.8. The highest BCUT2D eigenvalue weighted by atomic mass is 16.6. The van der Waals surface area contributed by atoms with Crippen molar-refractivity contribution < 1.29 is 19.4 Å². The number of carbonyl (C=O) groups excluding carboxylic acids is 1. The molecule has 0 saturated carbocycles. The smallest absolute Gasteiger partial charge is 0.411 e. The standard InChI is InChI=1S/C15H15NO4/c17-9-10-19-15(18)16-12-5-4-8-14(11-12)20-13-6-2-1-3-7-13/h1-8,11,17H,9-10H2,(H,16,18). The molecule has 0 spiro atoms. The van der Waals surface area contributed by atoms with Crippen LogP contribution in [0.5, 0.6) is 11.5 Å². The van der Waals surface area contributed by atoms with E-state index in [9.17, 15) is 4.79 Å². The van der Waals surface area contributed by atoms with Gasteiger partial charge < -0.3 is 14.6 Å². The zero-order chi connectivity index (χ0) is 14.2. The van der Waals surface area contributed by atoms with E-state index in [0.29, 0.717) is 17.2 Å². The number of hydrogen-bond donors (Lipinski definition) is 2. The maximum atomic E-state index is 11.4. The number of rotatable bonds is 5. The second-order valence-corrected chi connectivity index (χ2v) is 3.93. The number of para-hydroxylation sites is 1. The molecule has 0 fully saturated rings. The van der Waals surface area contributed by atoms with E-state index >= 15 is 0 Å². The Labute approximate surface area is 116 Å². The molecule has 2 aromatic carbocycles. The van der Waals surface area contributed by atoms with Crippen LogP contribution in [0.15, 0.2) is 54.6 Å². The molecule has 0 saturated heterocycles. The minimum absolute atomic E-state index is 0.0357. The summed E-state index contributed by atoms with van der Waals surface area (Å²) in [4.78, 5) is 11.4. The van der Waals surface area contributed by atoms with Crippen molar-refractivity contribution in [1.29, 1.82) is 0 Å². The lowest BCUT2D eigenvalue weighted by molar-refractivity contribution is 0.131. The molecule has 2 N–H and O–H groups in total. The Hall–Kier alpha value is -2.53. The molecule has 0 unspecified atom stereocenters. The first-order valence-corrected chi connectivity index (χ1v) is 6.15. The number of amides is 1. The van der Waals surface area contributed by atoms with E-state index < -0.39 is 6.09 Å². The molecule has 0 aliphatic rings. The summed E-state index contributed by atoms with van der Waals surface area (Å²) >= 11 is 0. The molecule has 0 bridgehead atoms. The minimum Gasteiger partial charge on any atom is -0.457 e. The van der Waals surface area contributed by atoms with E-state index in [1.165, 1.54) is 0 Å². The van der Waals surface area contributed by atoms with Crippen molar-refractivity contribution in [2.75, 3.05) is 18.5 Å². The van der Waals surface area contributed by atoms with Crippen molar-refractivity contribution in [1.82, 2.24) is 0 Å². The highest BCUT2D eigenvalue weighted by Crippen LogP contribution is 2.23. The lowest BCUT2D eigenvalue weighted by atomic mass is 10.3. The highest BCUT2D eigenvalue weighted by Gasteiger charge is 2.04. The average Bonchev–Trinajstić information content (AvgIpc) is 2.46. The molecule has 2 rings (SSSR count). The van der Waals surface area contributed by atoms with E-state index in [-0.39, 0.29) is 13.2 Å². The molecule has 5 nitrogen and oxygen atoms in total. The van der Waals surface area contributed by atoms with Gasteiger partial charge in [-0.15, -0.1) is 0 Å². The van der Waals surface area contributed by atoms with E-state index in [0.717, 1.165) is 0 Å². The summed E-state index contributed by atoms with van der Waals surface area (Å²) in [6, 6.07) is 16.3. The third-order valence-electron chi connectivity index (χ3n) is 2.38. The number of benzene rings is 2. The Balaban J connectivity index is 1.99. The van der Waals surface area contributed by atoms with Gasteiger partial charge in [-0.25, -0.2) is 4.79 Å². The van der Waals surface area contributed by atoms with Crippen molar-refractivity contribution in [2.45, 2.75) is 0 Å². The van der Waals surface area contributed by atoms with Crippen molar-refractivity contribution in [2.24, 2.45) is 0 Å². The molecule has 0 heterocycles. The Morgan fingerprint density at radius 1 is 1.05 bits per heavy atom. The third kappa shape index (κ3) is 4.29. The Bertz CT molecular complexity index is 557. The van der Waals surface area contributed by atoms with E-state index in [4.69, 9.17) is 14.6 Å². The van der Waals surface area contributed by atoms with E-state index in [1.54, 1.807) is 24.3 Å². The van der Waals surface area contributed by atoms with Crippen LogP contribution in [0.3, 0.4) is 0 Å². The third-order valence-corrected chi connectivity index (χ3v) is 2.38. The van der Waals surface area contributed by atoms with Crippen LogP contribution in [0.4, 0.5) is 10.5 Å². The molecule has 0 aliphatic heterocycles. The summed E-state index contributed by atoms with van der Waals surface area (Å²) in [7, 11) is 0. The normalized spacial score (nSPS) is 9.85. The van der Waals surface area contributed by atoms with Crippen LogP contribution in [0.25, 0.3) is 0 Å². The number of anilines is 1. The number of nitrogens with one attached hydrogen (secondary N) is 1. The van der Waals surface area contributed by atoms with Crippen LogP contribution in [-0.4, -0.2) is 24.4 Å². The SMILES string of the molecule is O=C(Nc1cccc(Oc2ccccc2)c1)OCCO. The average molecular weight is 273 g/mol. The minimum atomic E-state index is -0.615. The van der Waals surface area contributed by atoms with Crippen LogP contribution in [0.1, 0.15) is 0 Å². The highest BCUT2D eigenvalue weighted by molar-refractivity contribution is 5.84. The van der Waals surface area contributed by atoms with E-state index in [2.05, 4.69) is 5.32 Å². The molecule has 0 aliphatic carbocycles. The molecule has 0 aromatic heterocycles. The monoisotopic (exact) mass is 273 g/mol. The molecule has 20 heavy (non-hydrogen) atoms.